The van der Waals surface area contributed by atoms with E-state index in [0.29, 0.717) is 24.4 Å². The van der Waals surface area contributed by atoms with Gasteiger partial charge >= 0.3 is 5.97 Å². The van der Waals surface area contributed by atoms with E-state index in [1.54, 1.807) is 18.2 Å². The third kappa shape index (κ3) is 4.21. The van der Waals surface area contributed by atoms with Gasteiger partial charge in [0.15, 0.2) is 6.61 Å². The maximum Gasteiger partial charge on any atom is 0.323 e. The van der Waals surface area contributed by atoms with Crippen LogP contribution in [0.1, 0.15) is 19.8 Å². The normalized spacial score (nSPS) is 13.3. The fraction of sp³-hybridized carbons (Fsp3) is 0.438. The molecule has 1 aliphatic heterocycles. The molecule has 1 heterocycles. The van der Waals surface area contributed by atoms with Gasteiger partial charge in [0.2, 0.25) is 5.91 Å². The van der Waals surface area contributed by atoms with Crippen molar-refractivity contribution in [1.82, 2.24) is 4.90 Å². The first-order valence-electron chi connectivity index (χ1n) is 7.54. The number of aliphatic carboxylic acids is 1. The summed E-state index contributed by atoms with van der Waals surface area (Å²) in [6.07, 6.45) is 0.756. The van der Waals surface area contributed by atoms with Crippen molar-refractivity contribution >= 4 is 23.5 Å². The fourth-order valence-electron chi connectivity index (χ4n) is 2.49. The number of hydrogen-bond donors (Lipinski definition) is 1. The van der Waals surface area contributed by atoms with Crippen molar-refractivity contribution in [3.8, 4) is 5.75 Å². The van der Waals surface area contributed by atoms with Crippen LogP contribution in [-0.2, 0) is 14.4 Å². The summed E-state index contributed by atoms with van der Waals surface area (Å²) in [5.74, 6) is -0.919. The lowest BCUT2D eigenvalue weighted by Crippen LogP contribution is -2.42. The van der Waals surface area contributed by atoms with Gasteiger partial charge in [0.05, 0.1) is 5.69 Å². The van der Waals surface area contributed by atoms with Crippen LogP contribution in [0.25, 0.3) is 0 Å². The number of anilines is 1. The average Bonchev–Trinajstić information content (AvgIpc) is 2.53. The molecule has 0 aromatic heterocycles. The SMILES string of the molecule is CCCN(CC(=O)O)C(=O)CCN1C(=O)COc2ccccc21. The number of hydrogen-bond acceptors (Lipinski definition) is 4. The van der Waals surface area contributed by atoms with Gasteiger partial charge < -0.3 is 19.6 Å². The molecule has 0 saturated carbocycles. The van der Waals surface area contributed by atoms with Crippen molar-refractivity contribution < 1.29 is 24.2 Å². The van der Waals surface area contributed by atoms with Crippen molar-refractivity contribution in [3.05, 3.63) is 24.3 Å². The quantitative estimate of drug-likeness (QED) is 0.813. The van der Waals surface area contributed by atoms with Gasteiger partial charge in [0, 0.05) is 19.5 Å². The molecule has 7 heteroatoms. The summed E-state index contributed by atoms with van der Waals surface area (Å²) in [5, 5.41) is 8.87. The minimum atomic E-state index is -1.04. The Bertz CT molecular complexity index is 602. The lowest BCUT2D eigenvalue weighted by atomic mass is 10.2. The molecule has 0 fully saturated rings. The van der Waals surface area contributed by atoms with Crippen LogP contribution in [-0.4, -0.2) is 54.0 Å². The Balaban J connectivity index is 2.03. The lowest BCUT2D eigenvalue weighted by molar-refractivity contribution is -0.144. The molecule has 0 saturated heterocycles. The maximum absolute atomic E-state index is 12.2. The van der Waals surface area contributed by atoms with Crippen molar-refractivity contribution in [2.24, 2.45) is 0 Å². The first kappa shape index (κ1) is 16.8. The number of benzene rings is 1. The van der Waals surface area contributed by atoms with Crippen molar-refractivity contribution in [2.45, 2.75) is 19.8 Å². The molecule has 7 nitrogen and oxygen atoms in total. The van der Waals surface area contributed by atoms with Gasteiger partial charge in [-0.1, -0.05) is 19.1 Å². The number of carbonyl (C=O) groups is 3. The summed E-state index contributed by atoms with van der Waals surface area (Å²) < 4.78 is 5.35. The Labute approximate surface area is 134 Å². The molecular formula is C16H20N2O5. The third-order valence-electron chi connectivity index (χ3n) is 3.53. The summed E-state index contributed by atoms with van der Waals surface area (Å²) in [5.41, 5.74) is 0.636. The number of rotatable bonds is 7. The number of para-hydroxylation sites is 2. The third-order valence-corrected chi connectivity index (χ3v) is 3.53. The Kier molecular flexibility index (Phi) is 5.56. The second-order valence-electron chi connectivity index (χ2n) is 5.26. The second-order valence-corrected chi connectivity index (χ2v) is 5.26. The largest absolute Gasteiger partial charge is 0.482 e. The van der Waals surface area contributed by atoms with E-state index in [0.717, 1.165) is 0 Å². The molecule has 23 heavy (non-hydrogen) atoms. The van der Waals surface area contributed by atoms with E-state index in [-0.39, 0.29) is 37.9 Å². The summed E-state index contributed by atoms with van der Waals surface area (Å²) >= 11 is 0. The minimum Gasteiger partial charge on any atom is -0.482 e. The summed E-state index contributed by atoms with van der Waals surface area (Å²) in [6.45, 7) is 2.10. The predicted octanol–water partition coefficient (Wildman–Crippen LogP) is 1.13. The van der Waals surface area contributed by atoms with Gasteiger partial charge in [-0.05, 0) is 18.6 Å². The minimum absolute atomic E-state index is 0.0565. The van der Waals surface area contributed by atoms with E-state index < -0.39 is 5.97 Å². The molecule has 1 aromatic rings. The zero-order chi connectivity index (χ0) is 16.8. The van der Waals surface area contributed by atoms with Crippen LogP contribution < -0.4 is 9.64 Å². The highest BCUT2D eigenvalue weighted by Crippen LogP contribution is 2.31. The predicted molar refractivity (Wildman–Crippen MR) is 83.4 cm³/mol. The van der Waals surface area contributed by atoms with Crippen LogP contribution in [0.5, 0.6) is 5.75 Å². The van der Waals surface area contributed by atoms with Crippen LogP contribution in [0.4, 0.5) is 5.69 Å². The smallest absolute Gasteiger partial charge is 0.323 e. The number of amides is 2. The van der Waals surface area contributed by atoms with Gasteiger partial charge in [-0.15, -0.1) is 0 Å². The Morgan fingerprint density at radius 2 is 2.09 bits per heavy atom. The number of carboxylic acids is 1. The second kappa shape index (κ2) is 7.62. The van der Waals surface area contributed by atoms with Gasteiger partial charge in [-0.3, -0.25) is 14.4 Å². The summed E-state index contributed by atoms with van der Waals surface area (Å²) in [6, 6.07) is 7.14. The van der Waals surface area contributed by atoms with Crippen molar-refractivity contribution in [2.75, 3.05) is 31.1 Å². The monoisotopic (exact) mass is 320 g/mol. The van der Waals surface area contributed by atoms with E-state index >= 15 is 0 Å². The molecule has 124 valence electrons. The highest BCUT2D eigenvalue weighted by Gasteiger charge is 2.26. The Morgan fingerprint density at radius 1 is 1.35 bits per heavy atom. The van der Waals surface area contributed by atoms with Crippen LogP contribution in [0, 0.1) is 0 Å². The van der Waals surface area contributed by atoms with Crippen LogP contribution in [0.3, 0.4) is 0 Å². The molecule has 0 radical (unpaired) electrons. The molecule has 1 N–H and O–H groups in total. The molecular weight excluding hydrogens is 300 g/mol. The number of nitrogens with zero attached hydrogens (tertiary/aromatic N) is 2. The number of ether oxygens (including phenoxy) is 1. The van der Waals surface area contributed by atoms with Gasteiger partial charge in [-0.2, -0.15) is 0 Å². The summed E-state index contributed by atoms with van der Waals surface area (Å²) in [7, 11) is 0. The molecule has 0 unspecified atom stereocenters. The van der Waals surface area contributed by atoms with Gasteiger partial charge in [-0.25, -0.2) is 0 Å². The van der Waals surface area contributed by atoms with E-state index in [9.17, 15) is 14.4 Å². The molecule has 0 atom stereocenters. The van der Waals surface area contributed by atoms with Gasteiger partial charge in [0.1, 0.15) is 12.3 Å². The van der Waals surface area contributed by atoms with Gasteiger partial charge in [0.25, 0.3) is 5.91 Å². The Morgan fingerprint density at radius 3 is 2.78 bits per heavy atom. The van der Waals surface area contributed by atoms with E-state index in [2.05, 4.69) is 0 Å². The number of fused-ring (bicyclic) bond motifs is 1. The zero-order valence-corrected chi connectivity index (χ0v) is 13.0. The topological polar surface area (TPSA) is 87.2 Å². The van der Waals surface area contributed by atoms with Crippen LogP contribution in [0.15, 0.2) is 24.3 Å². The standard InChI is InChI=1S/C16H20N2O5/c1-2-8-17(10-16(21)22)14(19)7-9-18-12-5-3-4-6-13(12)23-11-15(18)20/h3-6H,2,7-11H2,1H3,(H,21,22). The molecule has 0 aliphatic carbocycles. The summed E-state index contributed by atoms with van der Waals surface area (Å²) in [4.78, 5) is 37.9. The molecule has 2 rings (SSSR count). The maximum atomic E-state index is 12.2. The molecule has 0 bridgehead atoms. The van der Waals surface area contributed by atoms with E-state index in [1.165, 1.54) is 9.80 Å². The molecule has 2 amide bonds. The van der Waals surface area contributed by atoms with Crippen LogP contribution >= 0.6 is 0 Å². The van der Waals surface area contributed by atoms with E-state index in [1.807, 2.05) is 13.0 Å². The highest BCUT2D eigenvalue weighted by molar-refractivity contribution is 5.98. The molecule has 0 spiro atoms. The lowest BCUT2D eigenvalue weighted by Gasteiger charge is -2.30. The van der Waals surface area contributed by atoms with Crippen LogP contribution in [0.2, 0.25) is 0 Å². The Hall–Kier alpha value is -2.57. The molecule has 1 aliphatic rings. The first-order valence-corrected chi connectivity index (χ1v) is 7.54. The molecule has 1 aromatic carbocycles. The highest BCUT2D eigenvalue weighted by atomic mass is 16.5. The average molecular weight is 320 g/mol. The number of carbonyl (C=O) groups excluding carboxylic acids is 2. The number of carboxylic acid groups (broad SMARTS) is 1. The fourth-order valence-corrected chi connectivity index (χ4v) is 2.49. The zero-order valence-electron chi connectivity index (χ0n) is 13.0. The first-order chi connectivity index (χ1) is 11.0. The van der Waals surface area contributed by atoms with E-state index in [4.69, 9.17) is 9.84 Å². The van der Waals surface area contributed by atoms with Crippen molar-refractivity contribution in [3.63, 3.8) is 0 Å². The van der Waals surface area contributed by atoms with Crippen molar-refractivity contribution in [1.29, 1.82) is 0 Å².